The van der Waals surface area contributed by atoms with Crippen LogP contribution in [0.1, 0.15) is 24.8 Å². The summed E-state index contributed by atoms with van der Waals surface area (Å²) in [4.78, 5) is 14.0. The van der Waals surface area contributed by atoms with Crippen LogP contribution in [0.5, 0.6) is 0 Å². The van der Waals surface area contributed by atoms with E-state index in [0.717, 1.165) is 31.4 Å². The molecular weight excluding hydrogens is 214 g/mol. The number of aliphatic hydroxyl groups is 1. The van der Waals surface area contributed by atoms with E-state index in [9.17, 15) is 9.90 Å². The van der Waals surface area contributed by atoms with Gasteiger partial charge in [0, 0.05) is 6.54 Å². The van der Waals surface area contributed by atoms with Crippen LogP contribution < -0.4 is 0 Å². The number of nitrogens with zero attached hydrogens (tertiary/aromatic N) is 1. The molecule has 1 aliphatic heterocycles. The number of hydrogen-bond donors (Lipinski definition) is 1. The van der Waals surface area contributed by atoms with Gasteiger partial charge in [-0.25, -0.2) is 0 Å². The number of piperidine rings is 1. The maximum absolute atomic E-state index is 12.2. The van der Waals surface area contributed by atoms with E-state index in [4.69, 9.17) is 0 Å². The largest absolute Gasteiger partial charge is 0.394 e. The summed E-state index contributed by atoms with van der Waals surface area (Å²) in [6.45, 7) is 0.872. The normalized spacial score (nSPS) is 20.3. The van der Waals surface area contributed by atoms with E-state index in [-0.39, 0.29) is 18.6 Å². The summed E-state index contributed by atoms with van der Waals surface area (Å²) in [5, 5.41) is 9.28. The maximum atomic E-state index is 12.2. The van der Waals surface area contributed by atoms with Crippen molar-refractivity contribution >= 4 is 5.91 Å². The van der Waals surface area contributed by atoms with Gasteiger partial charge >= 0.3 is 0 Å². The minimum atomic E-state index is 0.0277. The Kier molecular flexibility index (Phi) is 4.15. The molecule has 0 saturated carbocycles. The van der Waals surface area contributed by atoms with Crippen molar-refractivity contribution < 1.29 is 9.90 Å². The monoisotopic (exact) mass is 233 g/mol. The highest BCUT2D eigenvalue weighted by molar-refractivity contribution is 5.79. The molecule has 1 atom stereocenters. The molecule has 17 heavy (non-hydrogen) atoms. The third-order valence-corrected chi connectivity index (χ3v) is 3.36. The highest BCUT2D eigenvalue weighted by atomic mass is 16.3. The number of benzene rings is 1. The van der Waals surface area contributed by atoms with Crippen molar-refractivity contribution in [2.24, 2.45) is 0 Å². The Morgan fingerprint density at radius 1 is 1.29 bits per heavy atom. The zero-order valence-corrected chi connectivity index (χ0v) is 10.0. The molecule has 0 unspecified atom stereocenters. The molecule has 0 bridgehead atoms. The van der Waals surface area contributed by atoms with Gasteiger partial charge in [-0.05, 0) is 24.8 Å². The summed E-state index contributed by atoms with van der Waals surface area (Å²) in [7, 11) is 0. The third kappa shape index (κ3) is 3.07. The van der Waals surface area contributed by atoms with E-state index in [1.54, 1.807) is 0 Å². The van der Waals surface area contributed by atoms with Gasteiger partial charge in [0.25, 0.3) is 0 Å². The van der Waals surface area contributed by atoms with Gasteiger partial charge in [-0.2, -0.15) is 0 Å². The molecule has 3 heteroatoms. The number of rotatable bonds is 3. The second-order valence-corrected chi connectivity index (χ2v) is 4.58. The number of amides is 1. The second kappa shape index (κ2) is 5.82. The highest BCUT2D eigenvalue weighted by Crippen LogP contribution is 2.17. The van der Waals surface area contributed by atoms with Crippen molar-refractivity contribution in [1.82, 2.24) is 4.90 Å². The van der Waals surface area contributed by atoms with E-state index < -0.39 is 0 Å². The Bertz CT molecular complexity index is 364. The SMILES string of the molecule is O=C(Cc1ccccc1)N1CCCC[C@H]1CO. The Balaban J connectivity index is 1.99. The van der Waals surface area contributed by atoms with Crippen LogP contribution in [0.3, 0.4) is 0 Å². The zero-order valence-electron chi connectivity index (χ0n) is 10.0. The molecule has 1 N–H and O–H groups in total. The average Bonchev–Trinajstić information content (AvgIpc) is 2.40. The summed E-state index contributed by atoms with van der Waals surface area (Å²) >= 11 is 0. The molecule has 0 aromatic heterocycles. The molecule has 2 rings (SSSR count). The molecular formula is C14H19NO2. The lowest BCUT2D eigenvalue weighted by atomic mass is 10.0. The van der Waals surface area contributed by atoms with Crippen molar-refractivity contribution in [3.05, 3.63) is 35.9 Å². The molecule has 0 radical (unpaired) electrons. The van der Waals surface area contributed by atoms with Crippen LogP contribution in [-0.2, 0) is 11.2 Å². The first-order valence-corrected chi connectivity index (χ1v) is 6.25. The highest BCUT2D eigenvalue weighted by Gasteiger charge is 2.25. The van der Waals surface area contributed by atoms with Crippen LogP contribution >= 0.6 is 0 Å². The molecule has 3 nitrogen and oxygen atoms in total. The predicted molar refractivity (Wildman–Crippen MR) is 66.6 cm³/mol. The van der Waals surface area contributed by atoms with Gasteiger partial charge in [0.15, 0.2) is 0 Å². The van der Waals surface area contributed by atoms with Crippen molar-refractivity contribution in [2.75, 3.05) is 13.2 Å². The van der Waals surface area contributed by atoms with Crippen molar-refractivity contribution in [1.29, 1.82) is 0 Å². The Morgan fingerprint density at radius 2 is 2.06 bits per heavy atom. The lowest BCUT2D eigenvalue weighted by Gasteiger charge is -2.34. The first kappa shape index (κ1) is 12.1. The molecule has 0 spiro atoms. The standard InChI is InChI=1S/C14H19NO2/c16-11-13-8-4-5-9-15(13)14(17)10-12-6-2-1-3-7-12/h1-3,6-7,13,16H,4-5,8-11H2/t13-/m0/s1. The van der Waals surface area contributed by atoms with Crippen molar-refractivity contribution in [2.45, 2.75) is 31.7 Å². The fourth-order valence-corrected chi connectivity index (χ4v) is 2.39. The van der Waals surface area contributed by atoms with Crippen LogP contribution in [0.4, 0.5) is 0 Å². The van der Waals surface area contributed by atoms with Crippen LogP contribution in [0.2, 0.25) is 0 Å². The Hall–Kier alpha value is -1.35. The number of likely N-dealkylation sites (tertiary alicyclic amines) is 1. The van der Waals surface area contributed by atoms with Crippen molar-refractivity contribution in [3.63, 3.8) is 0 Å². The predicted octanol–water partition coefficient (Wildman–Crippen LogP) is 1.60. The molecule has 1 amide bonds. The maximum Gasteiger partial charge on any atom is 0.227 e. The lowest BCUT2D eigenvalue weighted by Crippen LogP contribution is -2.46. The lowest BCUT2D eigenvalue weighted by molar-refractivity contribution is -0.135. The molecule has 1 heterocycles. The zero-order chi connectivity index (χ0) is 12.1. The molecule has 1 aromatic rings. The van der Waals surface area contributed by atoms with Crippen LogP contribution in [-0.4, -0.2) is 35.1 Å². The van der Waals surface area contributed by atoms with E-state index in [1.807, 2.05) is 35.2 Å². The third-order valence-electron chi connectivity index (χ3n) is 3.36. The Labute approximate surface area is 102 Å². The minimum Gasteiger partial charge on any atom is -0.394 e. The topological polar surface area (TPSA) is 40.5 Å². The number of aliphatic hydroxyl groups excluding tert-OH is 1. The number of carbonyl (C=O) groups excluding carboxylic acids is 1. The van der Waals surface area contributed by atoms with Gasteiger partial charge in [0.1, 0.15) is 0 Å². The molecule has 1 aromatic carbocycles. The summed E-state index contributed by atoms with van der Waals surface area (Å²) in [5.74, 6) is 0.134. The summed E-state index contributed by atoms with van der Waals surface area (Å²) in [5.41, 5.74) is 1.04. The summed E-state index contributed by atoms with van der Waals surface area (Å²) < 4.78 is 0. The summed E-state index contributed by atoms with van der Waals surface area (Å²) in [6.07, 6.45) is 3.53. The number of carbonyl (C=O) groups is 1. The molecule has 1 aliphatic rings. The second-order valence-electron chi connectivity index (χ2n) is 4.58. The van der Waals surface area contributed by atoms with E-state index in [2.05, 4.69) is 0 Å². The first-order chi connectivity index (χ1) is 8.31. The average molecular weight is 233 g/mol. The smallest absolute Gasteiger partial charge is 0.227 e. The van der Waals surface area contributed by atoms with E-state index in [0.29, 0.717) is 6.42 Å². The van der Waals surface area contributed by atoms with Crippen molar-refractivity contribution in [3.8, 4) is 0 Å². The molecule has 1 saturated heterocycles. The minimum absolute atomic E-state index is 0.0277. The van der Waals surface area contributed by atoms with Crippen LogP contribution in [0.25, 0.3) is 0 Å². The fourth-order valence-electron chi connectivity index (χ4n) is 2.39. The van der Waals surface area contributed by atoms with Gasteiger partial charge in [-0.15, -0.1) is 0 Å². The van der Waals surface area contributed by atoms with Gasteiger partial charge < -0.3 is 10.0 Å². The quantitative estimate of drug-likeness (QED) is 0.861. The number of hydrogen-bond acceptors (Lipinski definition) is 2. The van der Waals surface area contributed by atoms with Gasteiger partial charge in [-0.1, -0.05) is 30.3 Å². The van der Waals surface area contributed by atoms with Gasteiger partial charge in [-0.3, -0.25) is 4.79 Å². The van der Waals surface area contributed by atoms with Gasteiger partial charge in [0.05, 0.1) is 19.1 Å². The van der Waals surface area contributed by atoms with E-state index >= 15 is 0 Å². The molecule has 92 valence electrons. The van der Waals surface area contributed by atoms with Gasteiger partial charge in [0.2, 0.25) is 5.91 Å². The summed E-state index contributed by atoms with van der Waals surface area (Å²) in [6, 6.07) is 9.81. The first-order valence-electron chi connectivity index (χ1n) is 6.25. The Morgan fingerprint density at radius 3 is 2.76 bits per heavy atom. The van der Waals surface area contributed by atoms with Crippen LogP contribution in [0, 0.1) is 0 Å². The van der Waals surface area contributed by atoms with Crippen LogP contribution in [0.15, 0.2) is 30.3 Å². The van der Waals surface area contributed by atoms with E-state index in [1.165, 1.54) is 0 Å². The molecule has 1 fully saturated rings. The fraction of sp³-hybridized carbons (Fsp3) is 0.500. The molecule has 0 aliphatic carbocycles.